The topological polar surface area (TPSA) is 46.2 Å². The zero-order valence-electron chi connectivity index (χ0n) is 11.2. The lowest BCUT2D eigenvalue weighted by Gasteiger charge is -2.13. The number of rotatable bonds is 3. The molecule has 21 heavy (non-hydrogen) atoms. The molecule has 0 aliphatic carbocycles. The van der Waals surface area contributed by atoms with Crippen LogP contribution in [0.5, 0.6) is 0 Å². The van der Waals surface area contributed by atoms with E-state index in [0.717, 1.165) is 18.2 Å². The fourth-order valence-corrected chi connectivity index (χ4v) is 3.68. The van der Waals surface area contributed by atoms with Crippen molar-refractivity contribution in [3.05, 3.63) is 57.6 Å². The van der Waals surface area contributed by atoms with E-state index in [1.54, 1.807) is 6.92 Å². The van der Waals surface area contributed by atoms with Crippen LogP contribution in [-0.4, -0.2) is 8.42 Å². The van der Waals surface area contributed by atoms with E-state index in [9.17, 15) is 17.2 Å². The largest absolute Gasteiger partial charge is 0.279 e. The molecule has 0 heterocycles. The van der Waals surface area contributed by atoms with Crippen molar-refractivity contribution >= 4 is 31.6 Å². The van der Waals surface area contributed by atoms with Gasteiger partial charge < -0.3 is 0 Å². The maximum atomic E-state index is 13.5. The Morgan fingerprint density at radius 2 is 1.71 bits per heavy atom. The highest BCUT2D eigenvalue weighted by atomic mass is 79.9. The van der Waals surface area contributed by atoms with Gasteiger partial charge in [-0.3, -0.25) is 4.72 Å². The van der Waals surface area contributed by atoms with Crippen LogP contribution in [0, 0.1) is 25.5 Å². The maximum Gasteiger partial charge on any atom is 0.262 e. The van der Waals surface area contributed by atoms with Gasteiger partial charge in [-0.05, 0) is 71.2 Å². The fraction of sp³-hybridized carbons (Fsp3) is 0.143. The number of benzene rings is 2. The summed E-state index contributed by atoms with van der Waals surface area (Å²) < 4.78 is 53.8. The van der Waals surface area contributed by atoms with E-state index in [2.05, 4.69) is 20.7 Å². The lowest BCUT2D eigenvalue weighted by Crippen LogP contribution is -2.15. The summed E-state index contributed by atoms with van der Waals surface area (Å²) in [5, 5.41) is 0. The Kier molecular flexibility index (Phi) is 4.34. The zero-order valence-corrected chi connectivity index (χ0v) is 13.6. The third-order valence-corrected chi connectivity index (χ3v) is 5.07. The van der Waals surface area contributed by atoms with Gasteiger partial charge in [0.2, 0.25) is 0 Å². The molecule has 0 amide bonds. The second-order valence-electron chi connectivity index (χ2n) is 4.60. The van der Waals surface area contributed by atoms with Crippen LogP contribution in [0.15, 0.2) is 39.7 Å². The van der Waals surface area contributed by atoms with E-state index in [-0.39, 0.29) is 20.6 Å². The van der Waals surface area contributed by atoms with Crippen molar-refractivity contribution in [3.63, 3.8) is 0 Å². The first-order valence-electron chi connectivity index (χ1n) is 5.95. The predicted octanol–water partition coefficient (Wildman–Crippen LogP) is 4.14. The van der Waals surface area contributed by atoms with Crippen molar-refractivity contribution in [2.75, 3.05) is 4.72 Å². The third-order valence-electron chi connectivity index (χ3n) is 2.94. The highest BCUT2D eigenvalue weighted by molar-refractivity contribution is 9.10. The summed E-state index contributed by atoms with van der Waals surface area (Å²) in [7, 11) is -3.91. The summed E-state index contributed by atoms with van der Waals surface area (Å²) in [5.41, 5.74) is 0.976. The fourth-order valence-electron chi connectivity index (χ4n) is 1.87. The Morgan fingerprint density at radius 1 is 1.05 bits per heavy atom. The van der Waals surface area contributed by atoms with Gasteiger partial charge in [-0.1, -0.05) is 0 Å². The standard InChI is InChI=1S/C14H12BrF2NO2S/c1-8-6-11(15)12(17)7-13(8)18-21(19,20)14-4-3-10(16)5-9(14)2/h3-7,18H,1-2H3. The summed E-state index contributed by atoms with van der Waals surface area (Å²) in [6.45, 7) is 3.15. The smallest absolute Gasteiger partial charge is 0.262 e. The second kappa shape index (κ2) is 5.73. The first-order chi connectivity index (χ1) is 9.70. The zero-order chi connectivity index (χ0) is 15.8. The SMILES string of the molecule is Cc1cc(Br)c(F)cc1NS(=O)(=O)c1ccc(F)cc1C. The Hall–Kier alpha value is -1.47. The number of anilines is 1. The van der Waals surface area contributed by atoms with E-state index < -0.39 is 21.7 Å². The van der Waals surface area contributed by atoms with Crippen molar-refractivity contribution < 1.29 is 17.2 Å². The average Bonchev–Trinajstić information content (AvgIpc) is 2.35. The molecule has 0 aliphatic heterocycles. The lowest BCUT2D eigenvalue weighted by molar-refractivity contribution is 0.598. The summed E-state index contributed by atoms with van der Waals surface area (Å²) in [4.78, 5) is -0.0494. The molecule has 0 bridgehead atoms. The molecule has 112 valence electrons. The quantitative estimate of drug-likeness (QED) is 0.875. The third kappa shape index (κ3) is 3.41. The Balaban J connectivity index is 2.45. The van der Waals surface area contributed by atoms with E-state index >= 15 is 0 Å². The Labute approximate surface area is 130 Å². The monoisotopic (exact) mass is 375 g/mol. The van der Waals surface area contributed by atoms with Crippen LogP contribution in [0.3, 0.4) is 0 Å². The molecule has 0 spiro atoms. The van der Waals surface area contributed by atoms with Crippen LogP contribution in [0.25, 0.3) is 0 Å². The molecular formula is C14H12BrF2NO2S. The molecule has 2 rings (SSSR count). The van der Waals surface area contributed by atoms with E-state index in [0.29, 0.717) is 5.56 Å². The molecular weight excluding hydrogens is 364 g/mol. The number of aryl methyl sites for hydroxylation is 2. The second-order valence-corrected chi connectivity index (χ2v) is 7.10. The van der Waals surface area contributed by atoms with Crippen LogP contribution in [0.4, 0.5) is 14.5 Å². The minimum Gasteiger partial charge on any atom is -0.279 e. The van der Waals surface area contributed by atoms with Crippen molar-refractivity contribution in [1.29, 1.82) is 0 Å². The van der Waals surface area contributed by atoms with Gasteiger partial charge in [0.05, 0.1) is 15.1 Å². The van der Waals surface area contributed by atoms with Crippen molar-refractivity contribution in [2.24, 2.45) is 0 Å². The highest BCUT2D eigenvalue weighted by Crippen LogP contribution is 2.27. The van der Waals surface area contributed by atoms with Gasteiger partial charge in [-0.2, -0.15) is 0 Å². The minimum absolute atomic E-state index is 0.0494. The minimum atomic E-state index is -3.91. The predicted molar refractivity (Wildman–Crippen MR) is 80.8 cm³/mol. The van der Waals surface area contributed by atoms with Gasteiger partial charge in [-0.25, -0.2) is 17.2 Å². The maximum absolute atomic E-state index is 13.5. The summed E-state index contributed by atoms with van der Waals surface area (Å²) >= 11 is 3.03. The number of sulfonamides is 1. The molecule has 1 N–H and O–H groups in total. The molecule has 7 heteroatoms. The molecule has 2 aromatic rings. The summed E-state index contributed by atoms with van der Waals surface area (Å²) in [6, 6.07) is 5.94. The first kappa shape index (κ1) is 15.9. The number of halogens is 3. The van der Waals surface area contributed by atoms with Gasteiger partial charge in [-0.15, -0.1) is 0 Å². The van der Waals surface area contributed by atoms with Gasteiger partial charge in [0.25, 0.3) is 10.0 Å². The van der Waals surface area contributed by atoms with Gasteiger partial charge in [0.15, 0.2) is 0 Å². The molecule has 0 aliphatic rings. The Bertz CT molecular complexity index is 807. The lowest BCUT2D eigenvalue weighted by atomic mass is 10.2. The van der Waals surface area contributed by atoms with Crippen molar-refractivity contribution in [3.8, 4) is 0 Å². The van der Waals surface area contributed by atoms with E-state index in [1.807, 2.05) is 0 Å². The molecule has 0 aromatic heterocycles. The van der Waals surface area contributed by atoms with Gasteiger partial charge >= 0.3 is 0 Å². The summed E-state index contributed by atoms with van der Waals surface area (Å²) in [6.07, 6.45) is 0. The molecule has 0 unspecified atom stereocenters. The molecule has 0 fully saturated rings. The molecule has 2 aromatic carbocycles. The summed E-state index contributed by atoms with van der Waals surface area (Å²) in [5.74, 6) is -1.09. The molecule has 3 nitrogen and oxygen atoms in total. The molecule has 0 atom stereocenters. The first-order valence-corrected chi connectivity index (χ1v) is 8.23. The molecule has 0 saturated carbocycles. The van der Waals surface area contributed by atoms with Crippen LogP contribution >= 0.6 is 15.9 Å². The number of hydrogen-bond acceptors (Lipinski definition) is 2. The van der Waals surface area contributed by atoms with E-state index in [1.165, 1.54) is 19.1 Å². The number of nitrogens with one attached hydrogen (secondary N) is 1. The van der Waals surface area contributed by atoms with Crippen LogP contribution < -0.4 is 4.72 Å². The Morgan fingerprint density at radius 3 is 2.33 bits per heavy atom. The van der Waals surface area contributed by atoms with Gasteiger partial charge in [0, 0.05) is 0 Å². The van der Waals surface area contributed by atoms with Crippen LogP contribution in [-0.2, 0) is 10.0 Å². The van der Waals surface area contributed by atoms with Crippen LogP contribution in [0.2, 0.25) is 0 Å². The molecule has 0 radical (unpaired) electrons. The normalized spacial score (nSPS) is 11.5. The molecule has 0 saturated heterocycles. The van der Waals surface area contributed by atoms with E-state index in [4.69, 9.17) is 0 Å². The highest BCUT2D eigenvalue weighted by Gasteiger charge is 2.19. The van der Waals surface area contributed by atoms with Gasteiger partial charge in [0.1, 0.15) is 11.6 Å². The number of hydrogen-bond donors (Lipinski definition) is 1. The average molecular weight is 376 g/mol. The van der Waals surface area contributed by atoms with Crippen LogP contribution in [0.1, 0.15) is 11.1 Å². The van der Waals surface area contributed by atoms with Crippen molar-refractivity contribution in [2.45, 2.75) is 18.7 Å². The van der Waals surface area contributed by atoms with Crippen molar-refractivity contribution in [1.82, 2.24) is 0 Å².